The Morgan fingerprint density at radius 2 is 1.89 bits per heavy atom. The molecule has 0 aliphatic rings. The first-order chi connectivity index (χ1) is 8.47. The van der Waals surface area contributed by atoms with E-state index >= 15 is 0 Å². The van der Waals surface area contributed by atoms with Gasteiger partial charge < -0.3 is 5.11 Å². The maximum Gasteiger partial charge on any atom is 0.0922 e. The van der Waals surface area contributed by atoms with E-state index in [1.54, 1.807) is 11.3 Å². The van der Waals surface area contributed by atoms with E-state index in [1.165, 1.54) is 16.7 Å². The Morgan fingerprint density at radius 1 is 1.17 bits per heavy atom. The lowest BCUT2D eigenvalue weighted by Crippen LogP contribution is -2.00. The third kappa shape index (κ3) is 3.23. The normalized spacial score (nSPS) is 12.7. The Balaban J connectivity index is 2.15. The molecular weight excluding hydrogens is 376 g/mol. The molecule has 18 heavy (non-hydrogen) atoms. The van der Waals surface area contributed by atoms with Gasteiger partial charge in [-0.1, -0.05) is 18.2 Å². The molecule has 0 aliphatic heterocycles. The number of hydrogen-bond acceptors (Lipinski definition) is 2. The largest absolute Gasteiger partial charge is 0.387 e. The number of thiophene rings is 1. The van der Waals surface area contributed by atoms with E-state index in [1.807, 2.05) is 6.07 Å². The molecule has 0 radical (unpaired) electrons. The maximum atomic E-state index is 10.2. The van der Waals surface area contributed by atoms with Crippen molar-refractivity contribution >= 4 is 43.2 Å². The van der Waals surface area contributed by atoms with Crippen molar-refractivity contribution in [2.24, 2.45) is 0 Å². The second kappa shape index (κ2) is 5.87. The van der Waals surface area contributed by atoms with Crippen molar-refractivity contribution in [3.05, 3.63) is 54.1 Å². The van der Waals surface area contributed by atoms with Crippen molar-refractivity contribution in [1.82, 2.24) is 0 Å². The predicted octanol–water partition coefficient (Wildman–Crippen LogP) is 5.17. The number of aryl methyl sites for hydroxylation is 2. The molecule has 1 atom stereocenters. The van der Waals surface area contributed by atoms with Gasteiger partial charge >= 0.3 is 0 Å². The van der Waals surface area contributed by atoms with Gasteiger partial charge in [0.15, 0.2) is 0 Å². The van der Waals surface area contributed by atoms with Crippen molar-refractivity contribution in [2.45, 2.75) is 26.4 Å². The van der Waals surface area contributed by atoms with Crippen molar-refractivity contribution < 1.29 is 5.11 Å². The molecular formula is C14H14Br2OS. The zero-order valence-corrected chi connectivity index (χ0v) is 14.2. The first-order valence-corrected chi connectivity index (χ1v) is 8.06. The van der Waals surface area contributed by atoms with Gasteiger partial charge in [0.25, 0.3) is 0 Å². The molecule has 0 fully saturated rings. The molecule has 0 aliphatic carbocycles. The Bertz CT molecular complexity index is 543. The van der Waals surface area contributed by atoms with Gasteiger partial charge in [-0.15, -0.1) is 11.3 Å². The fourth-order valence-electron chi connectivity index (χ4n) is 1.78. The highest BCUT2D eigenvalue weighted by Gasteiger charge is 2.14. The third-order valence-corrected chi connectivity index (χ3v) is 6.35. The molecule has 1 nitrogen and oxygen atoms in total. The van der Waals surface area contributed by atoms with E-state index < -0.39 is 6.10 Å². The summed E-state index contributed by atoms with van der Waals surface area (Å²) < 4.78 is 2.03. The number of aliphatic hydroxyl groups is 1. The molecule has 0 amide bonds. The zero-order valence-electron chi connectivity index (χ0n) is 10.2. The van der Waals surface area contributed by atoms with Gasteiger partial charge in [0.05, 0.1) is 9.89 Å². The minimum Gasteiger partial charge on any atom is -0.387 e. The van der Waals surface area contributed by atoms with Crippen LogP contribution in [0.15, 0.2) is 32.5 Å². The summed E-state index contributed by atoms with van der Waals surface area (Å²) in [5.41, 5.74) is 3.73. The first kappa shape index (κ1) is 14.3. The number of halogens is 2. The van der Waals surface area contributed by atoms with Crippen molar-refractivity contribution in [2.75, 3.05) is 0 Å². The van der Waals surface area contributed by atoms with Crippen molar-refractivity contribution in [1.29, 1.82) is 0 Å². The molecule has 96 valence electrons. The number of rotatable bonds is 3. The molecule has 0 saturated heterocycles. The summed E-state index contributed by atoms with van der Waals surface area (Å²) in [5.74, 6) is 0. The number of benzene rings is 1. The second-order valence-electron chi connectivity index (χ2n) is 4.41. The van der Waals surface area contributed by atoms with Gasteiger partial charge in [0.1, 0.15) is 0 Å². The molecule has 0 bridgehead atoms. The predicted molar refractivity (Wildman–Crippen MR) is 84.3 cm³/mol. The third-order valence-electron chi connectivity index (χ3n) is 2.99. The van der Waals surface area contributed by atoms with E-state index in [-0.39, 0.29) is 0 Å². The van der Waals surface area contributed by atoms with Crippen LogP contribution in [-0.4, -0.2) is 5.11 Å². The van der Waals surface area contributed by atoms with Crippen LogP contribution in [0.4, 0.5) is 0 Å². The molecule has 1 N–H and O–H groups in total. The molecule has 4 heteroatoms. The van der Waals surface area contributed by atoms with Crippen LogP contribution in [0.25, 0.3) is 0 Å². The van der Waals surface area contributed by atoms with Crippen LogP contribution >= 0.6 is 43.2 Å². The number of aliphatic hydroxyl groups excluding tert-OH is 1. The topological polar surface area (TPSA) is 20.2 Å². The second-order valence-corrected chi connectivity index (χ2v) is 7.66. The van der Waals surface area contributed by atoms with Gasteiger partial charge in [0.2, 0.25) is 0 Å². The quantitative estimate of drug-likeness (QED) is 0.767. The van der Waals surface area contributed by atoms with Crippen LogP contribution in [0.5, 0.6) is 0 Å². The van der Waals surface area contributed by atoms with E-state index in [0.29, 0.717) is 6.42 Å². The Hall–Kier alpha value is -0.160. The van der Waals surface area contributed by atoms with Crippen LogP contribution in [0.3, 0.4) is 0 Å². The molecule has 1 heterocycles. The van der Waals surface area contributed by atoms with Crippen LogP contribution in [0.1, 0.15) is 27.7 Å². The summed E-state index contributed by atoms with van der Waals surface area (Å²) in [5, 5.41) is 10.2. The van der Waals surface area contributed by atoms with Crippen LogP contribution in [0.2, 0.25) is 0 Å². The van der Waals surface area contributed by atoms with E-state index in [2.05, 4.69) is 63.9 Å². The van der Waals surface area contributed by atoms with Crippen molar-refractivity contribution in [3.8, 4) is 0 Å². The Kier molecular flexibility index (Phi) is 4.64. The highest BCUT2D eigenvalue weighted by Crippen LogP contribution is 2.36. The Morgan fingerprint density at radius 3 is 2.44 bits per heavy atom. The molecule has 0 spiro atoms. The summed E-state index contributed by atoms with van der Waals surface area (Å²) in [6.07, 6.45) is 0.209. The summed E-state index contributed by atoms with van der Waals surface area (Å²) in [6, 6.07) is 8.32. The minimum absolute atomic E-state index is 0.445. The monoisotopic (exact) mass is 388 g/mol. The average Bonchev–Trinajstić information content (AvgIpc) is 2.65. The van der Waals surface area contributed by atoms with E-state index in [0.717, 1.165) is 13.1 Å². The summed E-state index contributed by atoms with van der Waals surface area (Å²) >= 11 is 8.46. The number of hydrogen-bond donors (Lipinski definition) is 1. The highest BCUT2D eigenvalue weighted by atomic mass is 79.9. The fourth-order valence-corrected chi connectivity index (χ4v) is 3.86. The lowest BCUT2D eigenvalue weighted by Gasteiger charge is -2.10. The average molecular weight is 390 g/mol. The minimum atomic E-state index is -0.445. The highest BCUT2D eigenvalue weighted by molar-refractivity contribution is 9.13. The van der Waals surface area contributed by atoms with Crippen LogP contribution in [0, 0.1) is 13.8 Å². The van der Waals surface area contributed by atoms with Gasteiger partial charge in [-0.3, -0.25) is 0 Å². The van der Waals surface area contributed by atoms with Crippen molar-refractivity contribution in [3.63, 3.8) is 0 Å². The smallest absolute Gasteiger partial charge is 0.0922 e. The molecule has 1 aromatic carbocycles. The molecule has 1 unspecified atom stereocenters. The molecule has 2 aromatic rings. The van der Waals surface area contributed by atoms with E-state index in [4.69, 9.17) is 0 Å². The molecule has 1 aromatic heterocycles. The maximum absolute atomic E-state index is 10.2. The first-order valence-electron chi connectivity index (χ1n) is 5.66. The lowest BCUT2D eigenvalue weighted by molar-refractivity contribution is 0.182. The van der Waals surface area contributed by atoms with Crippen LogP contribution in [-0.2, 0) is 6.42 Å². The molecule has 0 saturated carbocycles. The van der Waals surface area contributed by atoms with Gasteiger partial charge in [-0.25, -0.2) is 0 Å². The van der Waals surface area contributed by atoms with Gasteiger partial charge in [-0.05, 0) is 68.5 Å². The summed E-state index contributed by atoms with van der Waals surface area (Å²) in [4.78, 5) is 0.979. The van der Waals surface area contributed by atoms with Gasteiger partial charge in [0, 0.05) is 15.8 Å². The standard InChI is InChI=1S/C14H14Br2OS/c1-8-3-4-10(5-9(8)2)6-12(17)13-7-11(15)14(16)18-13/h3-5,7,12,17H,6H2,1-2H3. The van der Waals surface area contributed by atoms with Gasteiger partial charge in [-0.2, -0.15) is 0 Å². The van der Waals surface area contributed by atoms with Crippen LogP contribution < -0.4 is 0 Å². The Labute approximate surface area is 128 Å². The SMILES string of the molecule is Cc1ccc(CC(O)c2cc(Br)c(Br)s2)cc1C. The fraction of sp³-hybridized carbons (Fsp3) is 0.286. The molecule has 2 rings (SSSR count). The summed E-state index contributed by atoms with van der Waals surface area (Å²) in [6.45, 7) is 4.20. The summed E-state index contributed by atoms with van der Waals surface area (Å²) in [7, 11) is 0. The zero-order chi connectivity index (χ0) is 13.3. The van der Waals surface area contributed by atoms with E-state index in [9.17, 15) is 5.11 Å². The lowest BCUT2D eigenvalue weighted by atomic mass is 10.0.